The molecule has 0 amide bonds. The maximum absolute atomic E-state index is 13.0. The number of phenolic OH excluding ortho intramolecular Hbond substituents is 1. The molecule has 4 nitrogen and oxygen atoms in total. The number of aromatic hydroxyl groups is 1. The number of aromatic nitrogens is 2. The largest absolute Gasteiger partial charge is 0.507 e. The maximum Gasteiger partial charge on any atom is 0.418 e. The summed E-state index contributed by atoms with van der Waals surface area (Å²) in [7, 11) is 0. The third kappa shape index (κ3) is 3.07. The van der Waals surface area contributed by atoms with E-state index in [0.29, 0.717) is 10.0 Å². The first kappa shape index (κ1) is 15.5. The van der Waals surface area contributed by atoms with Gasteiger partial charge in [-0.25, -0.2) is 0 Å². The summed E-state index contributed by atoms with van der Waals surface area (Å²) in [5, 5.41) is 13.6. The number of benzene rings is 1. The fraction of sp³-hybridized carbons (Fsp3) is 0.0667. The van der Waals surface area contributed by atoms with E-state index in [1.165, 1.54) is 24.4 Å². The first-order valence-electron chi connectivity index (χ1n) is 6.34. The standard InChI is InChI=1S/C15H8BrF3N2O2/c16-8-3-4-12(22)9(6-8)11-7-13(23-21-11)14-10(15(17,18)19)2-1-5-20-14/h1-7,22H. The molecular weight excluding hydrogens is 377 g/mol. The lowest BCUT2D eigenvalue weighted by atomic mass is 10.1. The van der Waals surface area contributed by atoms with Crippen LogP contribution in [0, 0.1) is 0 Å². The number of pyridine rings is 1. The van der Waals surface area contributed by atoms with Gasteiger partial charge in [0.25, 0.3) is 0 Å². The monoisotopic (exact) mass is 384 g/mol. The molecule has 8 heteroatoms. The smallest absolute Gasteiger partial charge is 0.418 e. The SMILES string of the molecule is Oc1ccc(Br)cc1-c1cc(-c2ncccc2C(F)(F)F)on1. The van der Waals surface area contributed by atoms with Crippen LogP contribution in [0.25, 0.3) is 22.7 Å². The number of hydrogen-bond acceptors (Lipinski definition) is 4. The Morgan fingerprint density at radius 3 is 2.65 bits per heavy atom. The van der Waals surface area contributed by atoms with Crippen molar-refractivity contribution >= 4 is 15.9 Å². The summed E-state index contributed by atoms with van der Waals surface area (Å²) in [4.78, 5) is 3.74. The van der Waals surface area contributed by atoms with Gasteiger partial charge in [-0.05, 0) is 30.3 Å². The highest BCUT2D eigenvalue weighted by atomic mass is 79.9. The predicted octanol–water partition coefficient (Wildman–Crippen LogP) is 4.89. The fourth-order valence-electron chi connectivity index (χ4n) is 2.06. The quantitative estimate of drug-likeness (QED) is 0.683. The van der Waals surface area contributed by atoms with Gasteiger partial charge >= 0.3 is 6.18 Å². The molecule has 3 rings (SSSR count). The number of phenols is 1. The van der Waals surface area contributed by atoms with Gasteiger partial charge in [-0.1, -0.05) is 21.1 Å². The Bertz CT molecular complexity index is 862. The lowest BCUT2D eigenvalue weighted by Crippen LogP contribution is -2.07. The minimum atomic E-state index is -4.56. The van der Waals surface area contributed by atoms with E-state index in [9.17, 15) is 18.3 Å². The molecule has 1 aromatic carbocycles. The molecule has 0 atom stereocenters. The zero-order valence-electron chi connectivity index (χ0n) is 11.3. The van der Waals surface area contributed by atoms with Crippen molar-refractivity contribution in [1.29, 1.82) is 0 Å². The third-order valence-electron chi connectivity index (χ3n) is 3.09. The van der Waals surface area contributed by atoms with Gasteiger partial charge in [0.1, 0.15) is 17.1 Å². The number of rotatable bonds is 2. The highest BCUT2D eigenvalue weighted by Crippen LogP contribution is 2.38. The molecule has 0 fully saturated rings. The Hall–Kier alpha value is -2.35. The van der Waals surface area contributed by atoms with Crippen LogP contribution >= 0.6 is 15.9 Å². The van der Waals surface area contributed by atoms with E-state index in [1.54, 1.807) is 12.1 Å². The first-order chi connectivity index (χ1) is 10.9. The second kappa shape index (κ2) is 5.69. The zero-order valence-corrected chi connectivity index (χ0v) is 12.9. The van der Waals surface area contributed by atoms with Crippen molar-refractivity contribution in [3.63, 3.8) is 0 Å². The van der Waals surface area contributed by atoms with Crippen molar-refractivity contribution in [2.24, 2.45) is 0 Å². The second-order valence-electron chi connectivity index (χ2n) is 4.64. The third-order valence-corrected chi connectivity index (χ3v) is 3.58. The van der Waals surface area contributed by atoms with Crippen molar-refractivity contribution in [3.05, 3.63) is 52.6 Å². The Morgan fingerprint density at radius 1 is 1.13 bits per heavy atom. The average molecular weight is 385 g/mol. The predicted molar refractivity (Wildman–Crippen MR) is 79.5 cm³/mol. The molecular formula is C15H8BrF3N2O2. The Labute approximate surface area is 136 Å². The summed E-state index contributed by atoms with van der Waals surface area (Å²) in [5.74, 6) is -0.197. The molecule has 0 radical (unpaired) electrons. The molecule has 0 aliphatic rings. The summed E-state index contributed by atoms with van der Waals surface area (Å²) >= 11 is 3.25. The highest BCUT2D eigenvalue weighted by molar-refractivity contribution is 9.10. The maximum atomic E-state index is 13.0. The number of alkyl halides is 3. The fourth-order valence-corrected chi connectivity index (χ4v) is 2.42. The van der Waals surface area contributed by atoms with Gasteiger partial charge in [0.2, 0.25) is 0 Å². The van der Waals surface area contributed by atoms with Crippen LogP contribution in [0.4, 0.5) is 13.2 Å². The van der Waals surface area contributed by atoms with Crippen LogP contribution < -0.4 is 0 Å². The van der Waals surface area contributed by atoms with Crippen molar-refractivity contribution in [2.75, 3.05) is 0 Å². The van der Waals surface area contributed by atoms with Crippen LogP contribution in [0.15, 0.2) is 51.6 Å². The van der Waals surface area contributed by atoms with Gasteiger partial charge in [0, 0.05) is 22.3 Å². The van der Waals surface area contributed by atoms with Gasteiger partial charge < -0.3 is 9.63 Å². The lowest BCUT2D eigenvalue weighted by Gasteiger charge is -2.08. The summed E-state index contributed by atoms with van der Waals surface area (Å²) < 4.78 is 44.8. The summed E-state index contributed by atoms with van der Waals surface area (Å²) in [6.07, 6.45) is -3.32. The molecule has 0 aliphatic carbocycles. The van der Waals surface area contributed by atoms with Crippen LogP contribution in [0.1, 0.15) is 5.56 Å². The molecule has 1 N–H and O–H groups in total. The molecule has 0 bridgehead atoms. The van der Waals surface area contributed by atoms with Crippen molar-refractivity contribution < 1.29 is 22.8 Å². The average Bonchev–Trinajstić information content (AvgIpc) is 2.98. The highest BCUT2D eigenvalue weighted by Gasteiger charge is 2.35. The van der Waals surface area contributed by atoms with E-state index in [2.05, 4.69) is 26.1 Å². The number of halogens is 4. The van der Waals surface area contributed by atoms with E-state index in [4.69, 9.17) is 4.52 Å². The van der Waals surface area contributed by atoms with E-state index in [-0.39, 0.29) is 22.9 Å². The van der Waals surface area contributed by atoms with Crippen LogP contribution in [-0.4, -0.2) is 15.2 Å². The summed E-state index contributed by atoms with van der Waals surface area (Å²) in [6.45, 7) is 0. The molecule has 2 aromatic heterocycles. The van der Waals surface area contributed by atoms with Crippen LogP contribution in [0.5, 0.6) is 5.75 Å². The van der Waals surface area contributed by atoms with Gasteiger partial charge in [0.15, 0.2) is 5.76 Å². The van der Waals surface area contributed by atoms with E-state index in [0.717, 1.165) is 6.07 Å². The lowest BCUT2D eigenvalue weighted by molar-refractivity contribution is -0.137. The summed E-state index contributed by atoms with van der Waals surface area (Å²) in [5.41, 5.74) is -0.731. The molecule has 0 saturated carbocycles. The normalized spacial score (nSPS) is 11.7. The van der Waals surface area contributed by atoms with Gasteiger partial charge in [-0.15, -0.1) is 0 Å². The van der Waals surface area contributed by atoms with Crippen molar-refractivity contribution in [2.45, 2.75) is 6.18 Å². The molecule has 3 aromatic rings. The van der Waals surface area contributed by atoms with E-state index < -0.39 is 11.7 Å². The second-order valence-corrected chi connectivity index (χ2v) is 5.55. The van der Waals surface area contributed by atoms with Crippen LogP contribution in [0.3, 0.4) is 0 Å². The minimum absolute atomic E-state index is 0.0647. The van der Waals surface area contributed by atoms with E-state index >= 15 is 0 Å². The molecule has 0 spiro atoms. The minimum Gasteiger partial charge on any atom is -0.507 e. The van der Waals surface area contributed by atoms with Crippen molar-refractivity contribution in [3.8, 4) is 28.5 Å². The van der Waals surface area contributed by atoms with Crippen LogP contribution in [0.2, 0.25) is 0 Å². The number of hydrogen-bond donors (Lipinski definition) is 1. The van der Waals surface area contributed by atoms with Gasteiger partial charge in [-0.3, -0.25) is 4.98 Å². The molecule has 0 aliphatic heterocycles. The Kier molecular flexibility index (Phi) is 3.85. The zero-order chi connectivity index (χ0) is 16.6. The number of nitrogens with zero attached hydrogens (tertiary/aromatic N) is 2. The van der Waals surface area contributed by atoms with Gasteiger partial charge in [-0.2, -0.15) is 13.2 Å². The first-order valence-corrected chi connectivity index (χ1v) is 7.14. The Morgan fingerprint density at radius 2 is 1.91 bits per heavy atom. The van der Waals surface area contributed by atoms with Crippen LogP contribution in [-0.2, 0) is 6.18 Å². The summed E-state index contributed by atoms with van der Waals surface area (Å²) in [6, 6.07) is 8.07. The van der Waals surface area contributed by atoms with E-state index in [1.807, 2.05) is 0 Å². The molecule has 0 saturated heterocycles. The molecule has 118 valence electrons. The molecule has 23 heavy (non-hydrogen) atoms. The topological polar surface area (TPSA) is 59.2 Å². The Balaban J connectivity index is 2.09. The van der Waals surface area contributed by atoms with Crippen molar-refractivity contribution in [1.82, 2.24) is 10.1 Å². The molecule has 0 unspecified atom stereocenters. The van der Waals surface area contributed by atoms with Gasteiger partial charge in [0.05, 0.1) is 5.56 Å². The molecule has 2 heterocycles.